The minimum absolute atomic E-state index is 0.0809. The molecule has 0 spiro atoms. The number of hydrogen-bond donors (Lipinski definition) is 3. The summed E-state index contributed by atoms with van der Waals surface area (Å²) in [6.45, 7) is 3.58. The maximum absolute atomic E-state index is 12.1. The molecule has 10 heteroatoms. The fourth-order valence-electron chi connectivity index (χ4n) is 6.67. The summed E-state index contributed by atoms with van der Waals surface area (Å²) < 4.78 is 26.9. The van der Waals surface area contributed by atoms with E-state index in [9.17, 15) is 24.2 Å². The van der Waals surface area contributed by atoms with Crippen LogP contribution in [0.4, 0.5) is 0 Å². The van der Waals surface area contributed by atoms with Gasteiger partial charge in [-0.3, -0.25) is 18.6 Å². The molecule has 55 heavy (non-hydrogen) atoms. The van der Waals surface area contributed by atoms with Gasteiger partial charge in [-0.1, -0.05) is 193 Å². The van der Waals surface area contributed by atoms with E-state index in [0.717, 1.165) is 44.9 Å². The second-order valence-electron chi connectivity index (χ2n) is 15.7. The van der Waals surface area contributed by atoms with Gasteiger partial charge in [-0.2, -0.15) is 0 Å². The van der Waals surface area contributed by atoms with Crippen LogP contribution in [0.1, 0.15) is 232 Å². The van der Waals surface area contributed by atoms with Gasteiger partial charge in [-0.15, -0.1) is 0 Å². The Kier molecular flexibility index (Phi) is 41.4. The Bertz CT molecular complexity index is 917. The van der Waals surface area contributed by atoms with Crippen molar-refractivity contribution in [2.24, 2.45) is 0 Å². The molecule has 326 valence electrons. The highest BCUT2D eigenvalue weighted by Crippen LogP contribution is 2.42. The van der Waals surface area contributed by atoms with E-state index >= 15 is 0 Å². The minimum Gasteiger partial charge on any atom is -0.463 e. The van der Waals surface area contributed by atoms with Gasteiger partial charge in [0.15, 0.2) is 0 Å². The summed E-state index contributed by atoms with van der Waals surface area (Å²) in [5.74, 6) is -0.514. The topological polar surface area (TPSA) is 131 Å². The quantitative estimate of drug-likeness (QED) is 0.0240. The standard InChI is InChI=1S/C45H88NO8P/c1-3-5-7-9-11-13-15-17-19-21-22-24-26-28-30-32-34-36-38-45(49)52-41-43(47)42-54-55(50,51)53-40-39-46-44(48)37-35-33-31-29-27-25-23-20-18-16-14-12-10-8-6-4-2/h20,23,43,47H,3-19,21-22,24-42H2,1-2H3,(H,46,48)(H,50,51)/b23-20-. The summed E-state index contributed by atoms with van der Waals surface area (Å²) in [6.07, 6.45) is 44.3. The summed E-state index contributed by atoms with van der Waals surface area (Å²) in [5, 5.41) is 12.7. The summed E-state index contributed by atoms with van der Waals surface area (Å²) in [5.41, 5.74) is 0. The molecule has 1 amide bonds. The molecule has 0 aromatic carbocycles. The van der Waals surface area contributed by atoms with Gasteiger partial charge >= 0.3 is 13.8 Å². The van der Waals surface area contributed by atoms with Crippen LogP contribution >= 0.6 is 7.82 Å². The number of carbonyl (C=O) groups is 2. The summed E-state index contributed by atoms with van der Waals surface area (Å²) in [7, 11) is -4.41. The number of hydrogen-bond acceptors (Lipinski definition) is 7. The van der Waals surface area contributed by atoms with Crippen LogP contribution in [-0.4, -0.2) is 54.3 Å². The number of phosphoric acid groups is 1. The maximum atomic E-state index is 12.1. The van der Waals surface area contributed by atoms with Crippen molar-refractivity contribution in [2.45, 2.75) is 238 Å². The number of nitrogens with one attached hydrogen (secondary N) is 1. The van der Waals surface area contributed by atoms with E-state index in [-0.39, 0.29) is 32.1 Å². The first-order chi connectivity index (χ1) is 26.8. The number of phosphoric ester groups is 1. The van der Waals surface area contributed by atoms with E-state index in [1.165, 1.54) is 161 Å². The zero-order valence-corrected chi connectivity index (χ0v) is 36.8. The monoisotopic (exact) mass is 802 g/mol. The van der Waals surface area contributed by atoms with Crippen LogP contribution < -0.4 is 5.32 Å². The lowest BCUT2D eigenvalue weighted by atomic mass is 10.0. The first-order valence-electron chi connectivity index (χ1n) is 23.2. The molecule has 0 rings (SSSR count). The molecule has 9 nitrogen and oxygen atoms in total. The summed E-state index contributed by atoms with van der Waals surface area (Å²) >= 11 is 0. The van der Waals surface area contributed by atoms with Crippen LogP contribution in [0.25, 0.3) is 0 Å². The minimum atomic E-state index is -4.41. The van der Waals surface area contributed by atoms with E-state index in [0.29, 0.717) is 6.42 Å². The molecule has 0 radical (unpaired) electrons. The molecule has 0 aliphatic heterocycles. The zero-order valence-electron chi connectivity index (χ0n) is 35.9. The molecule has 2 unspecified atom stereocenters. The Hall–Kier alpha value is -1.25. The first-order valence-corrected chi connectivity index (χ1v) is 24.7. The molecule has 3 N–H and O–H groups in total. The second kappa shape index (κ2) is 42.4. The third-order valence-electron chi connectivity index (χ3n) is 10.2. The Labute approximate surface area is 338 Å². The molecule has 0 heterocycles. The molecule has 0 aliphatic carbocycles. The Morgan fingerprint density at radius 1 is 0.545 bits per heavy atom. The van der Waals surface area contributed by atoms with Gasteiger partial charge in [0.1, 0.15) is 12.7 Å². The smallest absolute Gasteiger partial charge is 0.463 e. The lowest BCUT2D eigenvalue weighted by Gasteiger charge is -2.15. The Balaban J connectivity index is 3.56. The van der Waals surface area contributed by atoms with Crippen molar-refractivity contribution in [3.8, 4) is 0 Å². The Morgan fingerprint density at radius 3 is 1.36 bits per heavy atom. The number of unbranched alkanes of at least 4 members (excludes halogenated alkanes) is 29. The second-order valence-corrected chi connectivity index (χ2v) is 17.2. The van der Waals surface area contributed by atoms with Gasteiger partial charge < -0.3 is 20.1 Å². The van der Waals surface area contributed by atoms with Crippen LogP contribution in [0.5, 0.6) is 0 Å². The van der Waals surface area contributed by atoms with Crippen molar-refractivity contribution in [3.05, 3.63) is 12.2 Å². The van der Waals surface area contributed by atoms with Gasteiger partial charge in [-0.25, -0.2) is 4.57 Å². The Morgan fingerprint density at radius 2 is 0.927 bits per heavy atom. The van der Waals surface area contributed by atoms with Crippen molar-refractivity contribution < 1.29 is 37.9 Å². The van der Waals surface area contributed by atoms with E-state index in [4.69, 9.17) is 13.8 Å². The van der Waals surface area contributed by atoms with Crippen LogP contribution in [0.2, 0.25) is 0 Å². The predicted molar refractivity (Wildman–Crippen MR) is 229 cm³/mol. The molecule has 2 atom stereocenters. The average molecular weight is 802 g/mol. The largest absolute Gasteiger partial charge is 0.472 e. The number of ether oxygens (including phenoxy) is 1. The normalized spacial score (nSPS) is 13.3. The number of esters is 1. The van der Waals surface area contributed by atoms with E-state index in [2.05, 4.69) is 31.3 Å². The summed E-state index contributed by atoms with van der Waals surface area (Å²) in [4.78, 5) is 33.9. The molecule has 0 aliphatic rings. The zero-order chi connectivity index (χ0) is 40.3. The molecule has 0 bridgehead atoms. The van der Waals surface area contributed by atoms with Crippen LogP contribution in [0, 0.1) is 0 Å². The predicted octanol–water partition coefficient (Wildman–Crippen LogP) is 13.0. The molecule has 0 fully saturated rings. The van der Waals surface area contributed by atoms with E-state index < -0.39 is 26.5 Å². The van der Waals surface area contributed by atoms with Crippen molar-refractivity contribution in [3.63, 3.8) is 0 Å². The number of amides is 1. The van der Waals surface area contributed by atoms with Crippen LogP contribution in [0.3, 0.4) is 0 Å². The lowest BCUT2D eigenvalue weighted by molar-refractivity contribution is -0.147. The number of aliphatic hydroxyl groups is 1. The van der Waals surface area contributed by atoms with Gasteiger partial charge in [0, 0.05) is 19.4 Å². The third kappa shape index (κ3) is 43.7. The van der Waals surface area contributed by atoms with E-state index in [1.807, 2.05) is 0 Å². The van der Waals surface area contributed by atoms with Crippen molar-refractivity contribution in [1.29, 1.82) is 0 Å². The average Bonchev–Trinajstić information content (AvgIpc) is 3.17. The highest BCUT2D eigenvalue weighted by Gasteiger charge is 2.23. The van der Waals surface area contributed by atoms with Crippen LogP contribution in [-0.2, 0) is 27.9 Å². The highest BCUT2D eigenvalue weighted by atomic mass is 31.2. The molecule has 0 saturated carbocycles. The van der Waals surface area contributed by atoms with Gasteiger partial charge in [0.2, 0.25) is 5.91 Å². The number of carbonyl (C=O) groups excluding carboxylic acids is 2. The maximum Gasteiger partial charge on any atom is 0.472 e. The lowest BCUT2D eigenvalue weighted by Crippen LogP contribution is -2.27. The molecule has 0 saturated heterocycles. The fourth-order valence-corrected chi connectivity index (χ4v) is 7.43. The summed E-state index contributed by atoms with van der Waals surface area (Å²) in [6, 6.07) is 0. The van der Waals surface area contributed by atoms with Crippen molar-refractivity contribution in [1.82, 2.24) is 5.32 Å². The fraction of sp³-hybridized carbons (Fsp3) is 0.911. The molecule has 0 aromatic heterocycles. The highest BCUT2D eigenvalue weighted by molar-refractivity contribution is 7.47. The number of aliphatic hydroxyl groups excluding tert-OH is 1. The SMILES string of the molecule is CCCCCCCCC/C=C\CCCCCCCC(=O)NCCOP(=O)(O)OCC(O)COC(=O)CCCCCCCCCCCCCCCCCCCC. The van der Waals surface area contributed by atoms with Gasteiger partial charge in [-0.05, 0) is 38.5 Å². The van der Waals surface area contributed by atoms with Crippen LogP contribution in [0.15, 0.2) is 12.2 Å². The van der Waals surface area contributed by atoms with Gasteiger partial charge in [0.05, 0.1) is 13.2 Å². The van der Waals surface area contributed by atoms with Gasteiger partial charge in [0.25, 0.3) is 0 Å². The third-order valence-corrected chi connectivity index (χ3v) is 11.2. The first kappa shape index (κ1) is 53.8. The molecular formula is C45H88NO8P. The van der Waals surface area contributed by atoms with Crippen molar-refractivity contribution in [2.75, 3.05) is 26.4 Å². The number of rotatable bonds is 44. The van der Waals surface area contributed by atoms with Crippen molar-refractivity contribution >= 4 is 19.7 Å². The molecular weight excluding hydrogens is 713 g/mol. The number of allylic oxidation sites excluding steroid dienone is 2. The molecule has 0 aromatic rings. The van der Waals surface area contributed by atoms with E-state index in [1.54, 1.807) is 0 Å².